The molecule has 68 valence electrons. The van der Waals surface area contributed by atoms with Crippen LogP contribution in [0.2, 0.25) is 0 Å². The van der Waals surface area contributed by atoms with E-state index in [9.17, 15) is 9.59 Å². The lowest BCUT2D eigenvalue weighted by molar-refractivity contribution is -0.108. The van der Waals surface area contributed by atoms with Crippen LogP contribution in [0.4, 0.5) is 0 Å². The second-order valence-corrected chi connectivity index (χ2v) is 2.79. The van der Waals surface area contributed by atoms with Gasteiger partial charge in [-0.1, -0.05) is 24.3 Å². The minimum Gasteiger partial charge on any atom is -0.324 e. The molecule has 1 unspecified atom stereocenters. The molecule has 0 bridgehead atoms. The van der Waals surface area contributed by atoms with Crippen LogP contribution in [0.15, 0.2) is 24.3 Å². The zero-order valence-electron chi connectivity index (χ0n) is 7.14. The molecule has 0 aliphatic carbocycles. The van der Waals surface area contributed by atoms with Crippen molar-refractivity contribution >= 4 is 12.6 Å². The monoisotopic (exact) mass is 177 g/mol. The van der Waals surface area contributed by atoms with Gasteiger partial charge >= 0.3 is 0 Å². The second kappa shape index (κ2) is 4.52. The first kappa shape index (κ1) is 9.61. The Morgan fingerprint density at radius 1 is 1.23 bits per heavy atom. The molecule has 1 aromatic rings. The highest BCUT2D eigenvalue weighted by Gasteiger charge is 2.03. The molecule has 0 spiro atoms. The second-order valence-electron chi connectivity index (χ2n) is 2.79. The smallest absolute Gasteiger partial charge is 0.150 e. The predicted octanol–water partition coefficient (Wildman–Crippen LogP) is 1.09. The van der Waals surface area contributed by atoms with Gasteiger partial charge in [0.1, 0.15) is 12.6 Å². The molecule has 0 aliphatic heterocycles. The number of hydrogen-bond acceptors (Lipinski definition) is 3. The fraction of sp³-hybridized carbons (Fsp3) is 0.200. The highest BCUT2D eigenvalue weighted by atomic mass is 16.1. The molecule has 1 rings (SSSR count). The van der Waals surface area contributed by atoms with Crippen LogP contribution in [0, 0.1) is 0 Å². The molecular formula is C10H11NO2. The minimum absolute atomic E-state index is 0.266. The standard InChI is InChI=1S/C10H11NO2/c11-10(5-6-12)9-3-1-8(7-13)2-4-9/h1-4,6-7,10H,5,11H2. The highest BCUT2D eigenvalue weighted by molar-refractivity contribution is 5.74. The van der Waals surface area contributed by atoms with Gasteiger partial charge in [0.2, 0.25) is 0 Å². The zero-order valence-corrected chi connectivity index (χ0v) is 7.14. The van der Waals surface area contributed by atoms with E-state index in [0.717, 1.165) is 18.1 Å². The SMILES string of the molecule is NC(CC=O)c1ccc(C=O)cc1. The van der Waals surface area contributed by atoms with Gasteiger partial charge in [0.05, 0.1) is 0 Å². The van der Waals surface area contributed by atoms with Crippen LogP contribution in [-0.4, -0.2) is 12.6 Å². The number of carbonyl (C=O) groups excluding carboxylic acids is 2. The van der Waals surface area contributed by atoms with Crippen LogP contribution in [0.3, 0.4) is 0 Å². The molecule has 1 atom stereocenters. The Balaban J connectivity index is 2.78. The number of carbonyl (C=O) groups is 2. The molecular weight excluding hydrogens is 166 g/mol. The van der Waals surface area contributed by atoms with Crippen molar-refractivity contribution < 1.29 is 9.59 Å². The Bertz CT molecular complexity index is 292. The van der Waals surface area contributed by atoms with E-state index in [4.69, 9.17) is 5.73 Å². The molecule has 3 heteroatoms. The van der Waals surface area contributed by atoms with Crippen molar-refractivity contribution in [3.63, 3.8) is 0 Å². The molecule has 0 saturated heterocycles. The zero-order chi connectivity index (χ0) is 9.68. The van der Waals surface area contributed by atoms with Crippen molar-refractivity contribution in [2.24, 2.45) is 5.73 Å². The molecule has 1 aromatic carbocycles. The van der Waals surface area contributed by atoms with Crippen LogP contribution < -0.4 is 5.73 Å². The summed E-state index contributed by atoms with van der Waals surface area (Å²) in [6.07, 6.45) is 1.87. The molecule has 0 aliphatic rings. The summed E-state index contributed by atoms with van der Waals surface area (Å²) < 4.78 is 0. The van der Waals surface area contributed by atoms with Gasteiger partial charge in [0, 0.05) is 18.0 Å². The number of benzene rings is 1. The fourth-order valence-electron chi connectivity index (χ4n) is 1.06. The van der Waals surface area contributed by atoms with Gasteiger partial charge in [-0.15, -0.1) is 0 Å². The van der Waals surface area contributed by atoms with Gasteiger partial charge in [0.25, 0.3) is 0 Å². The third kappa shape index (κ3) is 2.49. The van der Waals surface area contributed by atoms with Crippen LogP contribution in [0.5, 0.6) is 0 Å². The van der Waals surface area contributed by atoms with Gasteiger partial charge in [-0.25, -0.2) is 0 Å². The van der Waals surface area contributed by atoms with Gasteiger partial charge in [-0.2, -0.15) is 0 Å². The number of aldehydes is 2. The first-order valence-electron chi connectivity index (χ1n) is 4.02. The van der Waals surface area contributed by atoms with Crippen LogP contribution in [0.25, 0.3) is 0 Å². The van der Waals surface area contributed by atoms with E-state index in [1.807, 2.05) is 0 Å². The first-order chi connectivity index (χ1) is 6.27. The lowest BCUT2D eigenvalue weighted by Crippen LogP contribution is -2.10. The molecule has 2 N–H and O–H groups in total. The van der Waals surface area contributed by atoms with E-state index >= 15 is 0 Å². The summed E-state index contributed by atoms with van der Waals surface area (Å²) in [4.78, 5) is 20.5. The summed E-state index contributed by atoms with van der Waals surface area (Å²) in [5, 5.41) is 0. The van der Waals surface area contributed by atoms with E-state index in [2.05, 4.69) is 0 Å². The summed E-state index contributed by atoms with van der Waals surface area (Å²) in [5.74, 6) is 0. The van der Waals surface area contributed by atoms with Crippen LogP contribution in [-0.2, 0) is 4.79 Å². The normalized spacial score (nSPS) is 12.1. The summed E-state index contributed by atoms with van der Waals surface area (Å²) in [6.45, 7) is 0. The van der Waals surface area contributed by atoms with E-state index in [0.29, 0.717) is 12.0 Å². The third-order valence-corrected chi connectivity index (χ3v) is 1.85. The molecule has 13 heavy (non-hydrogen) atoms. The van der Waals surface area contributed by atoms with Crippen molar-refractivity contribution in [3.8, 4) is 0 Å². The average Bonchev–Trinajstić information content (AvgIpc) is 2.18. The highest BCUT2D eigenvalue weighted by Crippen LogP contribution is 2.12. The maximum absolute atomic E-state index is 10.3. The van der Waals surface area contributed by atoms with Crippen molar-refractivity contribution in [1.29, 1.82) is 0 Å². The summed E-state index contributed by atoms with van der Waals surface area (Å²) in [6, 6.07) is 6.63. The summed E-state index contributed by atoms with van der Waals surface area (Å²) >= 11 is 0. The number of hydrogen-bond donors (Lipinski definition) is 1. The third-order valence-electron chi connectivity index (χ3n) is 1.85. The molecule has 0 heterocycles. The summed E-state index contributed by atoms with van der Waals surface area (Å²) in [5.41, 5.74) is 7.16. The fourth-order valence-corrected chi connectivity index (χ4v) is 1.06. The lowest BCUT2D eigenvalue weighted by atomic mass is 10.0. The largest absolute Gasteiger partial charge is 0.324 e. The molecule has 3 nitrogen and oxygen atoms in total. The Kier molecular flexibility index (Phi) is 3.34. The van der Waals surface area contributed by atoms with E-state index < -0.39 is 0 Å². The maximum Gasteiger partial charge on any atom is 0.150 e. The van der Waals surface area contributed by atoms with Gasteiger partial charge in [0.15, 0.2) is 0 Å². The average molecular weight is 177 g/mol. The van der Waals surface area contributed by atoms with E-state index in [1.165, 1.54) is 0 Å². The number of nitrogens with two attached hydrogens (primary N) is 1. The molecule has 0 fully saturated rings. The first-order valence-corrected chi connectivity index (χ1v) is 4.02. The Morgan fingerprint density at radius 3 is 2.31 bits per heavy atom. The topological polar surface area (TPSA) is 60.2 Å². The summed E-state index contributed by atoms with van der Waals surface area (Å²) in [7, 11) is 0. The molecule has 0 saturated carbocycles. The Hall–Kier alpha value is -1.48. The van der Waals surface area contributed by atoms with Crippen molar-refractivity contribution in [2.75, 3.05) is 0 Å². The maximum atomic E-state index is 10.3. The van der Waals surface area contributed by atoms with Gasteiger partial charge < -0.3 is 10.5 Å². The predicted molar refractivity (Wildman–Crippen MR) is 49.4 cm³/mol. The quantitative estimate of drug-likeness (QED) is 0.700. The van der Waals surface area contributed by atoms with Crippen LogP contribution in [0.1, 0.15) is 28.4 Å². The van der Waals surface area contributed by atoms with Crippen LogP contribution >= 0.6 is 0 Å². The molecule has 0 aromatic heterocycles. The van der Waals surface area contributed by atoms with E-state index in [-0.39, 0.29) is 6.04 Å². The van der Waals surface area contributed by atoms with Gasteiger partial charge in [-0.05, 0) is 5.56 Å². The Morgan fingerprint density at radius 2 is 1.85 bits per heavy atom. The van der Waals surface area contributed by atoms with Crippen molar-refractivity contribution in [2.45, 2.75) is 12.5 Å². The van der Waals surface area contributed by atoms with Gasteiger partial charge in [-0.3, -0.25) is 4.79 Å². The molecule has 0 radical (unpaired) electrons. The van der Waals surface area contributed by atoms with Crippen molar-refractivity contribution in [1.82, 2.24) is 0 Å². The van der Waals surface area contributed by atoms with E-state index in [1.54, 1.807) is 24.3 Å². The lowest BCUT2D eigenvalue weighted by Gasteiger charge is -2.07. The molecule has 0 amide bonds. The minimum atomic E-state index is -0.266. The Labute approximate surface area is 76.6 Å². The van der Waals surface area contributed by atoms with Crippen molar-refractivity contribution in [3.05, 3.63) is 35.4 Å². The number of rotatable bonds is 4.